The van der Waals surface area contributed by atoms with Crippen LogP contribution in [0.4, 0.5) is 0 Å². The van der Waals surface area contributed by atoms with Crippen LogP contribution in [0.15, 0.2) is 82.1 Å². The van der Waals surface area contributed by atoms with Crippen LogP contribution in [0.1, 0.15) is 11.1 Å². The first kappa shape index (κ1) is 17.5. The fourth-order valence-electron chi connectivity index (χ4n) is 2.57. The summed E-state index contributed by atoms with van der Waals surface area (Å²) in [5, 5.41) is 6.03. The van der Waals surface area contributed by atoms with Crippen LogP contribution in [0.25, 0.3) is 11.6 Å². The van der Waals surface area contributed by atoms with Crippen LogP contribution in [0, 0.1) is 0 Å². The van der Waals surface area contributed by atoms with Crippen molar-refractivity contribution in [3.63, 3.8) is 0 Å². The summed E-state index contributed by atoms with van der Waals surface area (Å²) < 4.78 is 16.8. The second kappa shape index (κ2) is 8.22. The zero-order chi connectivity index (χ0) is 19.2. The number of nitrogens with zero attached hydrogens (tertiary/aromatic N) is 2. The lowest BCUT2D eigenvalue weighted by atomic mass is 10.2. The van der Waals surface area contributed by atoms with Gasteiger partial charge in [-0.15, -0.1) is 5.10 Å². The first-order valence-electron chi connectivity index (χ1n) is 8.67. The molecule has 0 unspecified atom stereocenters. The van der Waals surface area contributed by atoms with Crippen LogP contribution in [0.5, 0.6) is 11.5 Å². The molecule has 2 heterocycles. The molecule has 0 radical (unpaired) electrons. The fraction of sp³-hybridized carbons (Fsp3) is 0.0952. The first-order valence-corrected chi connectivity index (χ1v) is 8.67. The Hall–Kier alpha value is -3.87. The summed E-state index contributed by atoms with van der Waals surface area (Å²) in [5.74, 6) is 0.411. The molecule has 7 nitrogen and oxygen atoms in total. The van der Waals surface area contributed by atoms with Gasteiger partial charge in [-0.1, -0.05) is 60.7 Å². The largest absolute Gasteiger partial charge is 0.485 e. The fourth-order valence-corrected chi connectivity index (χ4v) is 2.57. The van der Waals surface area contributed by atoms with E-state index in [0.29, 0.717) is 30.4 Å². The van der Waals surface area contributed by atoms with E-state index >= 15 is 0 Å². The van der Waals surface area contributed by atoms with Gasteiger partial charge in [0, 0.05) is 6.07 Å². The molecule has 0 aliphatic rings. The van der Waals surface area contributed by atoms with Crippen molar-refractivity contribution in [2.75, 3.05) is 0 Å². The zero-order valence-corrected chi connectivity index (χ0v) is 14.9. The van der Waals surface area contributed by atoms with Crippen molar-refractivity contribution in [3.8, 4) is 23.1 Å². The summed E-state index contributed by atoms with van der Waals surface area (Å²) in [7, 11) is 0. The SMILES string of the molecule is O=c1[nH]nc(-c2cc(OCc3ccccc3)c(OCc3ccccc3)cn2)o1. The Morgan fingerprint density at radius 3 is 2.04 bits per heavy atom. The van der Waals surface area contributed by atoms with E-state index < -0.39 is 5.76 Å². The molecule has 1 N–H and O–H groups in total. The minimum absolute atomic E-state index is 0.0872. The third-order valence-corrected chi connectivity index (χ3v) is 3.96. The number of nitrogens with one attached hydrogen (secondary N) is 1. The molecule has 0 fully saturated rings. The third-order valence-electron chi connectivity index (χ3n) is 3.96. The van der Waals surface area contributed by atoms with Gasteiger partial charge in [-0.2, -0.15) is 0 Å². The van der Waals surface area contributed by atoms with E-state index in [1.165, 1.54) is 6.20 Å². The first-order chi connectivity index (χ1) is 13.8. The predicted octanol–water partition coefficient (Wildman–Crippen LogP) is 3.58. The highest BCUT2D eigenvalue weighted by Gasteiger charge is 2.14. The van der Waals surface area contributed by atoms with Crippen molar-refractivity contribution in [3.05, 3.63) is 94.6 Å². The molecule has 28 heavy (non-hydrogen) atoms. The second-order valence-corrected chi connectivity index (χ2v) is 5.98. The van der Waals surface area contributed by atoms with Gasteiger partial charge < -0.3 is 13.9 Å². The Labute approximate surface area is 160 Å². The molecule has 0 bridgehead atoms. The highest BCUT2D eigenvalue weighted by molar-refractivity contribution is 5.53. The number of ether oxygens (including phenoxy) is 2. The summed E-state index contributed by atoms with van der Waals surface area (Å²) in [6, 6.07) is 21.2. The lowest BCUT2D eigenvalue weighted by Crippen LogP contribution is -2.02. The van der Waals surface area contributed by atoms with Crippen LogP contribution in [-0.2, 0) is 13.2 Å². The molecule has 0 saturated carbocycles. The molecular weight excluding hydrogens is 358 g/mol. The normalized spacial score (nSPS) is 10.6. The molecule has 2 aromatic heterocycles. The number of hydrogen-bond donors (Lipinski definition) is 1. The van der Waals surface area contributed by atoms with Gasteiger partial charge in [0.1, 0.15) is 18.9 Å². The smallest absolute Gasteiger partial charge is 0.434 e. The van der Waals surface area contributed by atoms with Crippen molar-refractivity contribution in [2.45, 2.75) is 13.2 Å². The zero-order valence-electron chi connectivity index (χ0n) is 14.9. The Morgan fingerprint density at radius 2 is 1.46 bits per heavy atom. The van der Waals surface area contributed by atoms with E-state index in [9.17, 15) is 4.79 Å². The minimum Gasteiger partial charge on any atom is -0.485 e. The lowest BCUT2D eigenvalue weighted by molar-refractivity contribution is 0.255. The number of pyridine rings is 1. The maximum atomic E-state index is 11.2. The van der Waals surface area contributed by atoms with Crippen molar-refractivity contribution in [1.29, 1.82) is 0 Å². The van der Waals surface area contributed by atoms with Gasteiger partial charge in [0.15, 0.2) is 11.5 Å². The Balaban J connectivity index is 1.58. The summed E-state index contributed by atoms with van der Waals surface area (Å²) in [6.07, 6.45) is 1.53. The molecule has 0 aliphatic heterocycles. The molecule has 0 amide bonds. The van der Waals surface area contributed by atoms with Crippen LogP contribution in [0.3, 0.4) is 0 Å². The maximum absolute atomic E-state index is 11.2. The monoisotopic (exact) mass is 375 g/mol. The summed E-state index contributed by atoms with van der Waals surface area (Å²) in [5.41, 5.74) is 2.41. The van der Waals surface area contributed by atoms with Gasteiger partial charge in [0.2, 0.25) is 0 Å². The number of aromatic amines is 1. The van der Waals surface area contributed by atoms with E-state index in [2.05, 4.69) is 15.2 Å². The average molecular weight is 375 g/mol. The summed E-state index contributed by atoms with van der Waals surface area (Å²) in [4.78, 5) is 15.5. The second-order valence-electron chi connectivity index (χ2n) is 5.98. The van der Waals surface area contributed by atoms with Crippen LogP contribution >= 0.6 is 0 Å². The Kier molecular flexibility index (Phi) is 5.15. The number of rotatable bonds is 7. The van der Waals surface area contributed by atoms with E-state index in [1.54, 1.807) is 6.07 Å². The van der Waals surface area contributed by atoms with Crippen molar-refractivity contribution < 1.29 is 13.9 Å². The number of H-pyrrole nitrogens is 1. The maximum Gasteiger partial charge on any atom is 0.434 e. The molecule has 7 heteroatoms. The van der Waals surface area contributed by atoms with E-state index in [1.807, 2.05) is 60.7 Å². The van der Waals surface area contributed by atoms with Gasteiger partial charge in [-0.25, -0.2) is 14.9 Å². The summed E-state index contributed by atoms with van der Waals surface area (Å²) in [6.45, 7) is 0.734. The summed E-state index contributed by atoms with van der Waals surface area (Å²) >= 11 is 0. The van der Waals surface area contributed by atoms with Crippen LogP contribution < -0.4 is 15.2 Å². The van der Waals surface area contributed by atoms with Gasteiger partial charge in [0.25, 0.3) is 5.89 Å². The molecule has 4 aromatic rings. The highest BCUT2D eigenvalue weighted by atomic mass is 16.5. The van der Waals surface area contributed by atoms with Crippen molar-refractivity contribution >= 4 is 0 Å². The quantitative estimate of drug-likeness (QED) is 0.531. The van der Waals surface area contributed by atoms with E-state index in [-0.39, 0.29) is 5.89 Å². The van der Waals surface area contributed by atoms with E-state index in [0.717, 1.165) is 11.1 Å². The predicted molar refractivity (Wildman–Crippen MR) is 102 cm³/mol. The van der Waals surface area contributed by atoms with E-state index in [4.69, 9.17) is 13.9 Å². The third kappa shape index (κ3) is 4.27. The van der Waals surface area contributed by atoms with Gasteiger partial charge in [0.05, 0.1) is 6.20 Å². The van der Waals surface area contributed by atoms with Crippen molar-refractivity contribution in [2.24, 2.45) is 0 Å². The van der Waals surface area contributed by atoms with Gasteiger partial charge in [-0.05, 0) is 11.1 Å². The van der Waals surface area contributed by atoms with Crippen LogP contribution in [-0.4, -0.2) is 15.2 Å². The molecule has 0 spiro atoms. The number of hydrogen-bond acceptors (Lipinski definition) is 6. The number of aromatic nitrogens is 3. The Morgan fingerprint density at radius 1 is 0.857 bits per heavy atom. The molecule has 2 aromatic carbocycles. The topological polar surface area (TPSA) is 90.2 Å². The standard InChI is InChI=1S/C21H17N3O4/c25-21-24-23-20(28-21)17-11-18(26-13-15-7-3-1-4-8-15)19(12-22-17)27-14-16-9-5-2-6-10-16/h1-12H,13-14H2,(H,24,25). The molecular formula is C21H17N3O4. The molecule has 0 aliphatic carbocycles. The van der Waals surface area contributed by atoms with Gasteiger partial charge >= 0.3 is 5.76 Å². The average Bonchev–Trinajstić information content (AvgIpc) is 3.19. The molecule has 140 valence electrons. The molecule has 0 saturated heterocycles. The molecule has 0 atom stereocenters. The Bertz CT molecular complexity index is 1090. The lowest BCUT2D eigenvalue weighted by Gasteiger charge is -2.13. The van der Waals surface area contributed by atoms with Gasteiger partial charge in [-0.3, -0.25) is 0 Å². The molecule has 4 rings (SSSR count). The minimum atomic E-state index is -0.645. The highest BCUT2D eigenvalue weighted by Crippen LogP contribution is 2.31. The van der Waals surface area contributed by atoms with Crippen LogP contribution in [0.2, 0.25) is 0 Å². The van der Waals surface area contributed by atoms with Crippen molar-refractivity contribution in [1.82, 2.24) is 15.2 Å². The number of benzene rings is 2.